The summed E-state index contributed by atoms with van der Waals surface area (Å²) in [7, 11) is 0. The van der Waals surface area contributed by atoms with Crippen LogP contribution in [0, 0.1) is 5.92 Å². The van der Waals surface area contributed by atoms with Crippen molar-refractivity contribution in [2.45, 2.75) is 18.4 Å². The lowest BCUT2D eigenvalue weighted by Gasteiger charge is -2.52. The number of fused-ring (bicyclic) bond motifs is 3. The van der Waals surface area contributed by atoms with Crippen LogP contribution < -0.4 is 14.5 Å². The second-order valence-electron chi connectivity index (χ2n) is 8.02. The Kier molecular flexibility index (Phi) is 3.58. The number of aromatic nitrogens is 1. The Morgan fingerprint density at radius 2 is 2.00 bits per heavy atom. The number of nitrogens with zero attached hydrogens (tertiary/aromatic N) is 5. The smallest absolute Gasteiger partial charge is 0.275 e. The van der Waals surface area contributed by atoms with Crippen LogP contribution >= 0.6 is 0 Å². The monoisotopic (exact) mass is 429 g/mol. The van der Waals surface area contributed by atoms with E-state index in [1.54, 1.807) is 31.2 Å². The van der Waals surface area contributed by atoms with Gasteiger partial charge in [-0.1, -0.05) is 0 Å². The molecule has 0 N–H and O–H groups in total. The maximum atomic E-state index is 6.55. The Bertz CT molecular complexity index is 1190. The van der Waals surface area contributed by atoms with Crippen molar-refractivity contribution in [3.05, 3.63) is 66.8 Å². The van der Waals surface area contributed by atoms with Gasteiger partial charge in [0.25, 0.3) is 5.85 Å². The Labute approximate surface area is 183 Å². The molecule has 0 fully saturated rings. The third-order valence-corrected chi connectivity index (χ3v) is 6.44. The first-order valence-electron chi connectivity index (χ1n) is 10.5. The van der Waals surface area contributed by atoms with Gasteiger partial charge in [-0.05, 0) is 18.2 Å². The van der Waals surface area contributed by atoms with Gasteiger partial charge in [0.1, 0.15) is 24.2 Å². The van der Waals surface area contributed by atoms with E-state index in [4.69, 9.17) is 18.3 Å². The van der Waals surface area contributed by atoms with Gasteiger partial charge < -0.3 is 23.2 Å². The first-order chi connectivity index (χ1) is 15.8. The molecule has 9 heteroatoms. The number of furan rings is 2. The van der Waals surface area contributed by atoms with Gasteiger partial charge in [0.15, 0.2) is 5.76 Å². The van der Waals surface area contributed by atoms with Gasteiger partial charge in [0, 0.05) is 31.0 Å². The van der Waals surface area contributed by atoms with Crippen LogP contribution in [0.1, 0.15) is 11.5 Å². The van der Waals surface area contributed by atoms with Crippen LogP contribution in [-0.4, -0.2) is 42.6 Å². The number of rotatable bonds is 3. The molecule has 0 aromatic carbocycles. The van der Waals surface area contributed by atoms with Crippen molar-refractivity contribution in [1.82, 2.24) is 4.98 Å². The summed E-state index contributed by atoms with van der Waals surface area (Å²) in [6.45, 7) is 0.944. The fourth-order valence-corrected chi connectivity index (χ4v) is 5.10. The average Bonchev–Trinajstić information content (AvgIpc) is 3.62. The van der Waals surface area contributed by atoms with Crippen molar-refractivity contribution in [1.29, 1.82) is 0 Å². The topological polar surface area (TPSA) is 88.8 Å². The van der Waals surface area contributed by atoms with Crippen molar-refractivity contribution >= 4 is 29.7 Å². The molecule has 0 radical (unpaired) electrons. The standard InChI is InChI=1S/C23H19N5O4/c1-2-19-16(25-6-1)12-20(32-19)15-3-11-31-23(15,27-8-7-26-22-18(27)5-10-30-22)28-14-24-13-21-17(28)4-9-29-21/h1-7,9-11,13,15,20H,8,12,14H2. The predicted octanol–water partition coefficient (Wildman–Crippen LogP) is 3.50. The van der Waals surface area contributed by atoms with E-state index in [1.807, 2.05) is 30.5 Å². The van der Waals surface area contributed by atoms with Gasteiger partial charge in [-0.3, -0.25) is 14.9 Å². The van der Waals surface area contributed by atoms with Crippen molar-refractivity contribution < 1.29 is 18.3 Å². The Morgan fingerprint density at radius 3 is 2.97 bits per heavy atom. The third-order valence-electron chi connectivity index (χ3n) is 6.44. The van der Waals surface area contributed by atoms with Crippen molar-refractivity contribution in [2.24, 2.45) is 15.9 Å². The van der Waals surface area contributed by atoms with Crippen LogP contribution in [0.2, 0.25) is 0 Å². The zero-order chi connectivity index (χ0) is 21.1. The van der Waals surface area contributed by atoms with Crippen LogP contribution in [-0.2, 0) is 11.2 Å². The second kappa shape index (κ2) is 6.49. The van der Waals surface area contributed by atoms with E-state index in [0.717, 1.165) is 22.8 Å². The minimum Gasteiger partial charge on any atom is -0.487 e. The highest BCUT2D eigenvalue weighted by Crippen LogP contribution is 2.49. The number of hydrogen-bond acceptors (Lipinski definition) is 9. The van der Waals surface area contributed by atoms with E-state index in [9.17, 15) is 0 Å². The molecule has 4 aliphatic heterocycles. The summed E-state index contributed by atoms with van der Waals surface area (Å²) in [5.74, 6) is 0.933. The lowest BCUT2D eigenvalue weighted by molar-refractivity contribution is -0.0288. The lowest BCUT2D eigenvalue weighted by Crippen LogP contribution is -2.68. The van der Waals surface area contributed by atoms with Crippen molar-refractivity contribution in [3.63, 3.8) is 0 Å². The first kappa shape index (κ1) is 17.6. The molecule has 0 bridgehead atoms. The normalized spacial score (nSPS) is 27.1. The van der Waals surface area contributed by atoms with Crippen molar-refractivity contribution in [3.8, 4) is 5.75 Å². The number of pyridine rings is 1. The highest BCUT2D eigenvalue weighted by molar-refractivity contribution is 5.88. The molecule has 0 aliphatic carbocycles. The van der Waals surface area contributed by atoms with E-state index in [2.05, 4.69) is 30.8 Å². The van der Waals surface area contributed by atoms with Crippen LogP contribution in [0.5, 0.6) is 5.75 Å². The van der Waals surface area contributed by atoms with Gasteiger partial charge in [-0.2, -0.15) is 0 Å². The predicted molar refractivity (Wildman–Crippen MR) is 117 cm³/mol. The summed E-state index contributed by atoms with van der Waals surface area (Å²) in [5, 5.41) is 0. The Hall–Kier alpha value is -4.01. The SMILES string of the molecule is C1=CC(C2Cc3ncccc3O2)C(N2CN=Cc3occc32)(N2CC=Nc3occc32)O1. The number of ether oxygens (including phenoxy) is 2. The molecule has 7 heterocycles. The summed E-state index contributed by atoms with van der Waals surface area (Å²) in [4.78, 5) is 17.8. The number of anilines is 2. The molecule has 3 aromatic heterocycles. The molecule has 0 spiro atoms. The molecule has 3 unspecified atom stereocenters. The lowest BCUT2D eigenvalue weighted by atomic mass is 9.91. The van der Waals surface area contributed by atoms with Crippen molar-refractivity contribution in [2.75, 3.05) is 23.0 Å². The first-order valence-corrected chi connectivity index (χ1v) is 10.5. The molecule has 0 saturated carbocycles. The molecule has 7 rings (SSSR count). The highest BCUT2D eigenvalue weighted by Gasteiger charge is 2.59. The van der Waals surface area contributed by atoms with E-state index in [0.29, 0.717) is 31.3 Å². The zero-order valence-corrected chi connectivity index (χ0v) is 17.0. The van der Waals surface area contributed by atoms with Crippen LogP contribution in [0.25, 0.3) is 0 Å². The van der Waals surface area contributed by atoms with Gasteiger partial charge in [-0.25, -0.2) is 4.99 Å². The summed E-state index contributed by atoms with van der Waals surface area (Å²) in [6.07, 6.45) is 13.1. The molecule has 32 heavy (non-hydrogen) atoms. The second-order valence-corrected chi connectivity index (χ2v) is 8.02. The largest absolute Gasteiger partial charge is 0.487 e. The molecule has 0 saturated heterocycles. The minimum atomic E-state index is -0.964. The molecule has 9 nitrogen and oxygen atoms in total. The molecular formula is C23H19N5O4. The van der Waals surface area contributed by atoms with Gasteiger partial charge >= 0.3 is 0 Å². The minimum absolute atomic E-state index is 0.165. The highest BCUT2D eigenvalue weighted by atomic mass is 16.5. The summed E-state index contributed by atoms with van der Waals surface area (Å²) >= 11 is 0. The van der Waals surface area contributed by atoms with E-state index in [-0.39, 0.29) is 12.0 Å². The fourth-order valence-electron chi connectivity index (χ4n) is 5.10. The molecule has 0 amide bonds. The van der Waals surface area contributed by atoms with Crippen LogP contribution in [0.3, 0.4) is 0 Å². The quantitative estimate of drug-likeness (QED) is 0.630. The number of aliphatic imine (C=N–C) groups is 2. The zero-order valence-electron chi connectivity index (χ0n) is 17.0. The molecule has 3 atom stereocenters. The maximum absolute atomic E-state index is 6.55. The molecule has 4 aliphatic rings. The summed E-state index contributed by atoms with van der Waals surface area (Å²) in [6, 6.07) is 7.72. The van der Waals surface area contributed by atoms with Crippen LogP contribution in [0.4, 0.5) is 17.3 Å². The van der Waals surface area contributed by atoms with Gasteiger partial charge in [-0.15, -0.1) is 0 Å². The molecule has 160 valence electrons. The Balaban J connectivity index is 1.38. The van der Waals surface area contributed by atoms with E-state index >= 15 is 0 Å². The summed E-state index contributed by atoms with van der Waals surface area (Å²) in [5.41, 5.74) is 2.72. The number of hydrogen-bond donors (Lipinski definition) is 0. The fraction of sp³-hybridized carbons (Fsp3) is 0.261. The molecular weight excluding hydrogens is 410 g/mol. The van der Waals surface area contributed by atoms with Gasteiger partial charge in [0.05, 0.1) is 48.8 Å². The maximum Gasteiger partial charge on any atom is 0.275 e. The van der Waals surface area contributed by atoms with Gasteiger partial charge in [0.2, 0.25) is 5.88 Å². The molecule has 3 aromatic rings. The van der Waals surface area contributed by atoms with E-state index < -0.39 is 5.85 Å². The summed E-state index contributed by atoms with van der Waals surface area (Å²) < 4.78 is 24.2. The Morgan fingerprint density at radius 1 is 1.06 bits per heavy atom. The van der Waals surface area contributed by atoms with Crippen LogP contribution in [0.15, 0.2) is 74.1 Å². The van der Waals surface area contributed by atoms with E-state index in [1.165, 1.54) is 0 Å². The average molecular weight is 429 g/mol. The third kappa shape index (κ3) is 2.30.